The smallest absolute Gasteiger partial charge is 0.0122 e. The maximum atomic E-state index is 3.40. The Morgan fingerprint density at radius 3 is 1.31 bits per heavy atom. The molecular formula is C25H53P. The van der Waals surface area contributed by atoms with Gasteiger partial charge in [0, 0.05) is 0 Å². The summed E-state index contributed by atoms with van der Waals surface area (Å²) >= 11 is 0. The Morgan fingerprint density at radius 1 is 0.538 bits per heavy atom. The summed E-state index contributed by atoms with van der Waals surface area (Å²) in [5.41, 5.74) is 0. The molecule has 0 aliphatic rings. The van der Waals surface area contributed by atoms with Gasteiger partial charge in [-0.1, -0.05) is 130 Å². The van der Waals surface area contributed by atoms with Crippen molar-refractivity contribution >= 4 is 9.24 Å². The molecule has 0 aromatic rings. The summed E-state index contributed by atoms with van der Waals surface area (Å²) in [6.45, 7) is 9.41. The summed E-state index contributed by atoms with van der Waals surface area (Å²) in [4.78, 5) is 0. The van der Waals surface area contributed by atoms with Crippen molar-refractivity contribution in [1.29, 1.82) is 0 Å². The van der Waals surface area contributed by atoms with Gasteiger partial charge in [0.05, 0.1) is 0 Å². The van der Waals surface area contributed by atoms with Crippen LogP contribution < -0.4 is 0 Å². The third-order valence-corrected chi connectivity index (χ3v) is 7.50. The highest BCUT2D eigenvalue weighted by atomic mass is 31.0. The molecular weight excluding hydrogens is 331 g/mol. The van der Waals surface area contributed by atoms with E-state index >= 15 is 0 Å². The standard InChI is InChI=1S/C25H53P/c1-5-9-12-15-18-21-24(8-4)25(26,22-19-16-13-10-6-2)23-20-17-14-11-7-3/h24H,5-23,26H2,1-4H3. The van der Waals surface area contributed by atoms with E-state index < -0.39 is 0 Å². The van der Waals surface area contributed by atoms with E-state index in [9.17, 15) is 0 Å². The largest absolute Gasteiger partial charge is 0.131 e. The number of rotatable bonds is 20. The zero-order valence-corrected chi connectivity index (χ0v) is 20.2. The summed E-state index contributed by atoms with van der Waals surface area (Å²) in [5, 5.41) is 0.526. The molecule has 0 radical (unpaired) electrons. The van der Waals surface area contributed by atoms with Crippen LogP contribution in [0.1, 0.15) is 150 Å². The zero-order valence-electron chi connectivity index (χ0n) is 19.1. The van der Waals surface area contributed by atoms with Crippen LogP contribution in [0.25, 0.3) is 0 Å². The molecule has 0 saturated carbocycles. The van der Waals surface area contributed by atoms with Crippen molar-refractivity contribution in [2.75, 3.05) is 0 Å². The molecule has 0 spiro atoms. The summed E-state index contributed by atoms with van der Waals surface area (Å²) in [7, 11) is 3.40. The monoisotopic (exact) mass is 384 g/mol. The third kappa shape index (κ3) is 13.6. The molecule has 0 N–H and O–H groups in total. The Balaban J connectivity index is 4.46. The van der Waals surface area contributed by atoms with Crippen LogP contribution in [0.4, 0.5) is 0 Å². The molecule has 0 fully saturated rings. The second kappa shape index (κ2) is 18.8. The van der Waals surface area contributed by atoms with E-state index in [4.69, 9.17) is 0 Å². The molecule has 0 rings (SSSR count). The van der Waals surface area contributed by atoms with Gasteiger partial charge in [0.25, 0.3) is 0 Å². The fourth-order valence-corrected chi connectivity index (χ4v) is 5.35. The molecule has 0 aromatic heterocycles. The normalized spacial score (nSPS) is 13.3. The molecule has 158 valence electrons. The van der Waals surface area contributed by atoms with Crippen molar-refractivity contribution in [2.45, 2.75) is 155 Å². The van der Waals surface area contributed by atoms with Crippen LogP contribution in [0.5, 0.6) is 0 Å². The molecule has 2 unspecified atom stereocenters. The Kier molecular flexibility index (Phi) is 19.1. The van der Waals surface area contributed by atoms with E-state index in [2.05, 4.69) is 36.9 Å². The molecule has 0 amide bonds. The van der Waals surface area contributed by atoms with Crippen LogP contribution in [0.3, 0.4) is 0 Å². The van der Waals surface area contributed by atoms with E-state index in [1.54, 1.807) is 0 Å². The summed E-state index contributed by atoms with van der Waals surface area (Å²) in [6.07, 6.45) is 27.2. The Labute approximate surface area is 170 Å². The first-order chi connectivity index (χ1) is 12.6. The zero-order chi connectivity index (χ0) is 19.5. The van der Waals surface area contributed by atoms with Crippen LogP contribution in [-0.4, -0.2) is 5.16 Å². The van der Waals surface area contributed by atoms with Gasteiger partial charge in [0.15, 0.2) is 0 Å². The summed E-state index contributed by atoms with van der Waals surface area (Å²) in [5.74, 6) is 0.923. The highest BCUT2D eigenvalue weighted by Crippen LogP contribution is 2.43. The molecule has 0 nitrogen and oxygen atoms in total. The average Bonchev–Trinajstić information content (AvgIpc) is 2.64. The highest BCUT2D eigenvalue weighted by Gasteiger charge is 2.31. The number of hydrogen-bond acceptors (Lipinski definition) is 0. The SMILES string of the molecule is CCCCCCCC(CC)C(P)(CCCCCCC)CCCCCCC. The fraction of sp³-hybridized carbons (Fsp3) is 1.00. The molecule has 0 aliphatic heterocycles. The van der Waals surface area contributed by atoms with Crippen molar-refractivity contribution in [3.63, 3.8) is 0 Å². The van der Waals surface area contributed by atoms with E-state index in [0.29, 0.717) is 5.16 Å². The van der Waals surface area contributed by atoms with Gasteiger partial charge >= 0.3 is 0 Å². The van der Waals surface area contributed by atoms with Gasteiger partial charge in [-0.3, -0.25) is 0 Å². The minimum absolute atomic E-state index is 0.526. The lowest BCUT2D eigenvalue weighted by Crippen LogP contribution is -2.31. The topological polar surface area (TPSA) is 0 Å². The minimum atomic E-state index is 0.526. The van der Waals surface area contributed by atoms with E-state index in [0.717, 1.165) is 5.92 Å². The maximum absolute atomic E-state index is 3.40. The Morgan fingerprint density at radius 2 is 0.923 bits per heavy atom. The second-order valence-electron chi connectivity index (χ2n) is 8.87. The average molecular weight is 385 g/mol. The van der Waals surface area contributed by atoms with Gasteiger partial charge in [0.2, 0.25) is 0 Å². The molecule has 0 aliphatic carbocycles. The minimum Gasteiger partial charge on any atom is -0.131 e. The number of hydrogen-bond donors (Lipinski definition) is 0. The Bertz CT molecular complexity index is 259. The van der Waals surface area contributed by atoms with Crippen molar-refractivity contribution in [3.8, 4) is 0 Å². The predicted molar refractivity (Wildman–Crippen MR) is 126 cm³/mol. The molecule has 26 heavy (non-hydrogen) atoms. The van der Waals surface area contributed by atoms with Crippen molar-refractivity contribution in [1.82, 2.24) is 0 Å². The molecule has 0 saturated heterocycles. The second-order valence-corrected chi connectivity index (χ2v) is 10.0. The van der Waals surface area contributed by atoms with Gasteiger partial charge in [-0.2, -0.15) is 0 Å². The lowest BCUT2D eigenvalue weighted by molar-refractivity contribution is 0.284. The van der Waals surface area contributed by atoms with Crippen LogP contribution in [0.15, 0.2) is 0 Å². The van der Waals surface area contributed by atoms with Gasteiger partial charge in [-0.15, -0.1) is 9.24 Å². The van der Waals surface area contributed by atoms with E-state index in [1.807, 2.05) is 0 Å². The van der Waals surface area contributed by atoms with Crippen LogP contribution in [0, 0.1) is 5.92 Å². The molecule has 0 bridgehead atoms. The lowest BCUT2D eigenvalue weighted by atomic mass is 9.78. The summed E-state index contributed by atoms with van der Waals surface area (Å²) < 4.78 is 0. The first-order valence-corrected chi connectivity index (χ1v) is 13.0. The molecule has 1 heteroatoms. The van der Waals surface area contributed by atoms with Crippen molar-refractivity contribution < 1.29 is 0 Å². The van der Waals surface area contributed by atoms with Crippen molar-refractivity contribution in [2.24, 2.45) is 5.92 Å². The molecule has 2 atom stereocenters. The predicted octanol–water partition coefficient (Wildman–Crippen LogP) is 9.71. The van der Waals surface area contributed by atoms with Crippen LogP contribution in [0.2, 0.25) is 0 Å². The quantitative estimate of drug-likeness (QED) is 0.145. The first-order valence-electron chi connectivity index (χ1n) is 12.4. The molecule has 0 heterocycles. The maximum Gasteiger partial charge on any atom is -0.0122 e. The third-order valence-electron chi connectivity index (χ3n) is 6.45. The van der Waals surface area contributed by atoms with E-state index in [1.165, 1.54) is 122 Å². The van der Waals surface area contributed by atoms with Gasteiger partial charge < -0.3 is 0 Å². The highest BCUT2D eigenvalue weighted by molar-refractivity contribution is 7.19. The fourth-order valence-electron chi connectivity index (χ4n) is 4.54. The number of unbranched alkanes of at least 4 members (excludes halogenated alkanes) is 12. The van der Waals surface area contributed by atoms with Crippen LogP contribution in [-0.2, 0) is 0 Å². The van der Waals surface area contributed by atoms with Crippen molar-refractivity contribution in [3.05, 3.63) is 0 Å². The van der Waals surface area contributed by atoms with Gasteiger partial charge in [0.1, 0.15) is 0 Å². The van der Waals surface area contributed by atoms with Crippen LogP contribution >= 0.6 is 9.24 Å². The lowest BCUT2D eigenvalue weighted by Gasteiger charge is -2.38. The van der Waals surface area contributed by atoms with Gasteiger partial charge in [-0.05, 0) is 30.3 Å². The summed E-state index contributed by atoms with van der Waals surface area (Å²) in [6, 6.07) is 0. The van der Waals surface area contributed by atoms with Gasteiger partial charge in [-0.25, -0.2) is 0 Å². The first kappa shape index (κ1) is 26.4. The Hall–Kier alpha value is 0.430. The van der Waals surface area contributed by atoms with E-state index in [-0.39, 0.29) is 0 Å². The molecule has 0 aromatic carbocycles.